The van der Waals surface area contributed by atoms with Crippen LogP contribution in [0.25, 0.3) is 6.08 Å². The predicted molar refractivity (Wildman–Crippen MR) is 110 cm³/mol. The predicted octanol–water partition coefficient (Wildman–Crippen LogP) is 5.07. The van der Waals surface area contributed by atoms with Gasteiger partial charge in [-0.05, 0) is 65.6 Å². The quantitative estimate of drug-likeness (QED) is 0.815. The zero-order valence-corrected chi connectivity index (χ0v) is 16.6. The summed E-state index contributed by atoms with van der Waals surface area (Å²) in [6, 6.07) is 12.1. The van der Waals surface area contributed by atoms with Crippen LogP contribution in [0.2, 0.25) is 0 Å². The lowest BCUT2D eigenvalue weighted by Crippen LogP contribution is -2.27. The SMILES string of the molecule is CC(C)(C)C1=Cc2cc(NC(=O)C3(c4ccc5c(c4)OCO5)CC3)ccc2C1. The Balaban J connectivity index is 1.37. The van der Waals surface area contributed by atoms with E-state index in [1.807, 2.05) is 24.3 Å². The number of amides is 1. The molecule has 1 N–H and O–H groups in total. The van der Waals surface area contributed by atoms with E-state index in [2.05, 4.69) is 44.3 Å². The molecular weight excluding hydrogens is 350 g/mol. The smallest absolute Gasteiger partial charge is 0.235 e. The van der Waals surface area contributed by atoms with E-state index in [0.29, 0.717) is 0 Å². The normalized spacial score (nSPS) is 18.5. The number of carbonyl (C=O) groups excluding carboxylic acids is 1. The van der Waals surface area contributed by atoms with Gasteiger partial charge < -0.3 is 14.8 Å². The fourth-order valence-corrected chi connectivity index (χ4v) is 4.11. The molecule has 0 unspecified atom stereocenters. The molecule has 144 valence electrons. The summed E-state index contributed by atoms with van der Waals surface area (Å²) in [5, 5.41) is 3.15. The molecule has 5 rings (SSSR count). The van der Waals surface area contributed by atoms with E-state index in [9.17, 15) is 4.79 Å². The Labute approximate surface area is 165 Å². The largest absolute Gasteiger partial charge is 0.454 e. The number of nitrogens with one attached hydrogen (secondary N) is 1. The molecule has 1 amide bonds. The first-order chi connectivity index (χ1) is 13.3. The zero-order valence-electron chi connectivity index (χ0n) is 16.6. The Hall–Kier alpha value is -2.75. The van der Waals surface area contributed by atoms with Gasteiger partial charge in [0.2, 0.25) is 12.7 Å². The first kappa shape index (κ1) is 17.4. The number of hydrogen-bond donors (Lipinski definition) is 1. The van der Waals surface area contributed by atoms with Gasteiger partial charge in [0, 0.05) is 5.69 Å². The van der Waals surface area contributed by atoms with Gasteiger partial charge in [-0.15, -0.1) is 0 Å². The standard InChI is InChI=1S/C24H25NO3/c1-23(2,3)18-10-15-4-6-19(12-16(15)11-18)25-22(26)24(8-9-24)17-5-7-20-21(13-17)28-14-27-20/h4-7,11-13H,8-10,14H2,1-3H3,(H,25,26). The lowest BCUT2D eigenvalue weighted by molar-refractivity contribution is -0.118. The summed E-state index contributed by atoms with van der Waals surface area (Å²) in [7, 11) is 0. The first-order valence-corrected chi connectivity index (χ1v) is 9.91. The van der Waals surface area contributed by atoms with Crippen LogP contribution in [0.3, 0.4) is 0 Å². The average Bonchev–Trinajstić information content (AvgIpc) is 3.13. The fourth-order valence-electron chi connectivity index (χ4n) is 4.11. The molecule has 1 saturated carbocycles. The third-order valence-electron chi connectivity index (χ3n) is 6.19. The van der Waals surface area contributed by atoms with Crippen molar-refractivity contribution in [3.63, 3.8) is 0 Å². The van der Waals surface area contributed by atoms with Crippen LogP contribution in [0.1, 0.15) is 50.3 Å². The molecule has 2 aromatic carbocycles. The molecule has 0 aromatic heterocycles. The molecule has 0 bridgehead atoms. The molecule has 28 heavy (non-hydrogen) atoms. The molecule has 0 radical (unpaired) electrons. The third-order valence-corrected chi connectivity index (χ3v) is 6.19. The molecule has 1 fully saturated rings. The van der Waals surface area contributed by atoms with Crippen LogP contribution in [0.15, 0.2) is 42.0 Å². The van der Waals surface area contributed by atoms with Crippen LogP contribution in [0.4, 0.5) is 5.69 Å². The number of ether oxygens (including phenoxy) is 2. The highest BCUT2D eigenvalue weighted by Crippen LogP contribution is 2.51. The van der Waals surface area contributed by atoms with Crippen molar-refractivity contribution < 1.29 is 14.3 Å². The summed E-state index contributed by atoms with van der Waals surface area (Å²) >= 11 is 0. The summed E-state index contributed by atoms with van der Waals surface area (Å²) in [5.41, 5.74) is 5.57. The van der Waals surface area contributed by atoms with Gasteiger partial charge in [-0.25, -0.2) is 0 Å². The van der Waals surface area contributed by atoms with E-state index in [-0.39, 0.29) is 18.1 Å². The highest BCUT2D eigenvalue weighted by molar-refractivity contribution is 6.01. The van der Waals surface area contributed by atoms with Crippen LogP contribution in [-0.4, -0.2) is 12.7 Å². The van der Waals surface area contributed by atoms with Gasteiger partial charge in [-0.3, -0.25) is 4.79 Å². The highest BCUT2D eigenvalue weighted by Gasteiger charge is 2.51. The number of rotatable bonds is 3. The van der Waals surface area contributed by atoms with E-state index >= 15 is 0 Å². The molecule has 1 heterocycles. The lowest BCUT2D eigenvalue weighted by atomic mass is 9.85. The lowest BCUT2D eigenvalue weighted by Gasteiger charge is -2.19. The molecule has 4 heteroatoms. The highest BCUT2D eigenvalue weighted by atomic mass is 16.7. The number of fused-ring (bicyclic) bond motifs is 2. The number of benzene rings is 2. The number of allylic oxidation sites excluding steroid dienone is 1. The first-order valence-electron chi connectivity index (χ1n) is 9.91. The zero-order chi connectivity index (χ0) is 19.5. The maximum atomic E-state index is 13.1. The second kappa shape index (κ2) is 5.87. The van der Waals surface area contributed by atoms with Crippen molar-refractivity contribution in [2.75, 3.05) is 12.1 Å². The van der Waals surface area contributed by atoms with Crippen molar-refractivity contribution >= 4 is 17.7 Å². The molecular formula is C24H25NO3. The molecule has 1 aliphatic heterocycles. The van der Waals surface area contributed by atoms with Crippen molar-refractivity contribution in [3.05, 3.63) is 58.7 Å². The van der Waals surface area contributed by atoms with E-state index in [0.717, 1.165) is 42.0 Å². The maximum Gasteiger partial charge on any atom is 0.235 e. The second-order valence-corrected chi connectivity index (χ2v) is 9.11. The minimum Gasteiger partial charge on any atom is -0.454 e. The van der Waals surface area contributed by atoms with Crippen LogP contribution < -0.4 is 14.8 Å². The monoisotopic (exact) mass is 375 g/mol. The molecule has 2 aromatic rings. The minimum atomic E-state index is -0.452. The number of carbonyl (C=O) groups is 1. The van der Waals surface area contributed by atoms with Crippen molar-refractivity contribution in [2.24, 2.45) is 5.41 Å². The number of hydrogen-bond acceptors (Lipinski definition) is 3. The Bertz CT molecular complexity index is 1010. The van der Waals surface area contributed by atoms with Gasteiger partial charge in [0.15, 0.2) is 11.5 Å². The summed E-state index contributed by atoms with van der Waals surface area (Å²) in [6.45, 7) is 6.98. The topological polar surface area (TPSA) is 47.6 Å². The van der Waals surface area contributed by atoms with Gasteiger partial charge >= 0.3 is 0 Å². The molecule has 2 aliphatic carbocycles. The van der Waals surface area contributed by atoms with Gasteiger partial charge in [0.25, 0.3) is 0 Å². The Morgan fingerprint density at radius 1 is 1.04 bits per heavy atom. The fraction of sp³-hybridized carbons (Fsp3) is 0.375. The second-order valence-electron chi connectivity index (χ2n) is 9.11. The van der Waals surface area contributed by atoms with Gasteiger partial charge in [0.1, 0.15) is 0 Å². The molecule has 0 spiro atoms. The Kier molecular flexibility index (Phi) is 3.64. The molecule has 4 nitrogen and oxygen atoms in total. The van der Waals surface area contributed by atoms with E-state index in [4.69, 9.17) is 9.47 Å². The Morgan fingerprint density at radius 3 is 2.57 bits per heavy atom. The molecule has 3 aliphatic rings. The van der Waals surface area contributed by atoms with Crippen molar-refractivity contribution in [1.82, 2.24) is 0 Å². The van der Waals surface area contributed by atoms with E-state index < -0.39 is 5.41 Å². The maximum absolute atomic E-state index is 13.1. The molecule has 0 saturated heterocycles. The summed E-state index contributed by atoms with van der Waals surface area (Å²) in [6.07, 6.45) is 4.99. The summed E-state index contributed by atoms with van der Waals surface area (Å²) < 4.78 is 10.9. The van der Waals surface area contributed by atoms with Crippen molar-refractivity contribution in [2.45, 2.75) is 45.4 Å². The van der Waals surface area contributed by atoms with E-state index in [1.54, 1.807) is 0 Å². The summed E-state index contributed by atoms with van der Waals surface area (Å²) in [4.78, 5) is 13.1. The summed E-state index contributed by atoms with van der Waals surface area (Å²) in [5.74, 6) is 1.54. The number of anilines is 1. The Morgan fingerprint density at radius 2 is 1.82 bits per heavy atom. The molecule has 0 atom stereocenters. The van der Waals surface area contributed by atoms with E-state index in [1.165, 1.54) is 16.7 Å². The van der Waals surface area contributed by atoms with Crippen LogP contribution in [0, 0.1) is 5.41 Å². The van der Waals surface area contributed by atoms with Crippen molar-refractivity contribution in [3.8, 4) is 11.5 Å². The average molecular weight is 375 g/mol. The third kappa shape index (κ3) is 2.79. The van der Waals surface area contributed by atoms with Gasteiger partial charge in [-0.1, -0.05) is 44.6 Å². The van der Waals surface area contributed by atoms with Crippen molar-refractivity contribution in [1.29, 1.82) is 0 Å². The van der Waals surface area contributed by atoms with Crippen LogP contribution >= 0.6 is 0 Å². The van der Waals surface area contributed by atoms with Crippen LogP contribution in [-0.2, 0) is 16.6 Å². The van der Waals surface area contributed by atoms with Gasteiger partial charge in [0.05, 0.1) is 5.41 Å². The van der Waals surface area contributed by atoms with Gasteiger partial charge in [-0.2, -0.15) is 0 Å². The minimum absolute atomic E-state index is 0.0596. The van der Waals surface area contributed by atoms with Crippen LogP contribution in [0.5, 0.6) is 11.5 Å².